The second kappa shape index (κ2) is 5.20. The number of H-pyrrole nitrogens is 1. The number of esters is 1. The molecule has 0 amide bonds. The molecular formula is C14H12N4O3. The molecule has 2 aromatic heterocycles. The zero-order chi connectivity index (χ0) is 14.8. The van der Waals surface area contributed by atoms with Crippen LogP contribution in [0.15, 0.2) is 30.6 Å². The minimum absolute atomic E-state index is 0.387. The molecule has 2 heterocycles. The van der Waals surface area contributed by atoms with E-state index >= 15 is 0 Å². The van der Waals surface area contributed by atoms with Crippen molar-refractivity contribution in [2.75, 3.05) is 7.11 Å². The number of carbonyl (C=O) groups is 1. The lowest BCUT2D eigenvalue weighted by molar-refractivity contribution is -0.131. The van der Waals surface area contributed by atoms with E-state index in [1.807, 2.05) is 0 Å². The maximum atomic E-state index is 11.0. The highest BCUT2D eigenvalue weighted by Gasteiger charge is 2.13. The number of nitrogens with one attached hydrogen (secondary N) is 1. The van der Waals surface area contributed by atoms with Crippen molar-refractivity contribution in [3.05, 3.63) is 30.6 Å². The summed E-state index contributed by atoms with van der Waals surface area (Å²) in [6, 6.07) is 5.06. The fraction of sp³-hybridized carbons (Fsp3) is 0.143. The van der Waals surface area contributed by atoms with Gasteiger partial charge in [-0.3, -0.25) is 4.79 Å². The van der Waals surface area contributed by atoms with E-state index in [1.165, 1.54) is 14.0 Å². The summed E-state index contributed by atoms with van der Waals surface area (Å²) in [7, 11) is 1.54. The second-order valence-corrected chi connectivity index (χ2v) is 4.27. The molecule has 0 unspecified atom stereocenters. The van der Waals surface area contributed by atoms with Crippen molar-refractivity contribution in [2.45, 2.75) is 6.92 Å². The summed E-state index contributed by atoms with van der Waals surface area (Å²) >= 11 is 0. The summed E-state index contributed by atoms with van der Waals surface area (Å²) in [6.07, 6.45) is 3.17. The van der Waals surface area contributed by atoms with Crippen LogP contribution in [0.4, 0.5) is 0 Å². The standard InChI is InChI=1S/C14H12N4O3/c1-8(19)21-9-3-4-10(11(7-9)20-2)12-17-13-14(18-12)16-6-5-15-13/h3-7H,1-2H3,(H,15,16,17,18). The average molecular weight is 284 g/mol. The summed E-state index contributed by atoms with van der Waals surface area (Å²) < 4.78 is 10.4. The van der Waals surface area contributed by atoms with Gasteiger partial charge in [0.1, 0.15) is 17.3 Å². The van der Waals surface area contributed by atoms with Crippen molar-refractivity contribution in [2.24, 2.45) is 0 Å². The third kappa shape index (κ3) is 2.53. The predicted octanol–water partition coefficient (Wildman–Crippen LogP) is 1.95. The van der Waals surface area contributed by atoms with Crippen molar-refractivity contribution >= 4 is 17.3 Å². The Bertz CT molecular complexity index is 780. The highest BCUT2D eigenvalue weighted by molar-refractivity contribution is 5.76. The van der Waals surface area contributed by atoms with E-state index in [4.69, 9.17) is 9.47 Å². The zero-order valence-electron chi connectivity index (χ0n) is 11.5. The molecular weight excluding hydrogens is 272 g/mol. The lowest BCUT2D eigenvalue weighted by Crippen LogP contribution is -2.01. The number of methoxy groups -OCH3 is 1. The Morgan fingerprint density at radius 3 is 2.76 bits per heavy atom. The van der Waals surface area contributed by atoms with Gasteiger partial charge in [0.2, 0.25) is 0 Å². The predicted molar refractivity (Wildman–Crippen MR) is 75.0 cm³/mol. The van der Waals surface area contributed by atoms with Crippen LogP contribution < -0.4 is 9.47 Å². The lowest BCUT2D eigenvalue weighted by Gasteiger charge is -2.08. The number of ether oxygens (including phenoxy) is 2. The smallest absolute Gasteiger partial charge is 0.308 e. The number of benzene rings is 1. The normalized spacial score (nSPS) is 10.6. The van der Waals surface area contributed by atoms with Crippen LogP contribution in [0.2, 0.25) is 0 Å². The molecule has 21 heavy (non-hydrogen) atoms. The van der Waals surface area contributed by atoms with E-state index in [9.17, 15) is 4.79 Å². The van der Waals surface area contributed by atoms with E-state index in [2.05, 4.69) is 19.9 Å². The molecule has 0 saturated carbocycles. The van der Waals surface area contributed by atoms with E-state index in [0.717, 1.165) is 5.56 Å². The topological polar surface area (TPSA) is 90.0 Å². The fourth-order valence-corrected chi connectivity index (χ4v) is 1.97. The molecule has 0 bridgehead atoms. The van der Waals surface area contributed by atoms with Gasteiger partial charge < -0.3 is 14.5 Å². The molecule has 0 aliphatic heterocycles. The first kappa shape index (κ1) is 13.0. The molecule has 7 heteroatoms. The van der Waals surface area contributed by atoms with Crippen molar-refractivity contribution in [3.8, 4) is 22.9 Å². The Kier molecular flexibility index (Phi) is 3.23. The maximum Gasteiger partial charge on any atom is 0.308 e. The lowest BCUT2D eigenvalue weighted by atomic mass is 10.2. The summed E-state index contributed by atoms with van der Waals surface area (Å²) in [5.41, 5.74) is 1.85. The molecule has 3 aromatic rings. The van der Waals surface area contributed by atoms with Crippen molar-refractivity contribution in [1.29, 1.82) is 0 Å². The van der Waals surface area contributed by atoms with Gasteiger partial charge in [-0.2, -0.15) is 0 Å². The highest BCUT2D eigenvalue weighted by atomic mass is 16.5. The number of carbonyl (C=O) groups excluding carboxylic acids is 1. The van der Waals surface area contributed by atoms with Crippen LogP contribution in [0.5, 0.6) is 11.5 Å². The van der Waals surface area contributed by atoms with Crippen LogP contribution in [-0.4, -0.2) is 33.0 Å². The molecule has 106 valence electrons. The van der Waals surface area contributed by atoms with Crippen LogP contribution in [0.1, 0.15) is 6.92 Å². The van der Waals surface area contributed by atoms with E-state index in [0.29, 0.717) is 28.6 Å². The Balaban J connectivity index is 2.06. The van der Waals surface area contributed by atoms with Crippen molar-refractivity contribution < 1.29 is 14.3 Å². The fourth-order valence-electron chi connectivity index (χ4n) is 1.97. The third-order valence-corrected chi connectivity index (χ3v) is 2.82. The maximum absolute atomic E-state index is 11.0. The van der Waals surface area contributed by atoms with Gasteiger partial charge in [0.05, 0.1) is 12.7 Å². The highest BCUT2D eigenvalue weighted by Crippen LogP contribution is 2.32. The molecule has 7 nitrogen and oxygen atoms in total. The number of fused-ring (bicyclic) bond motifs is 1. The van der Waals surface area contributed by atoms with Gasteiger partial charge in [0.25, 0.3) is 0 Å². The number of hydrogen-bond acceptors (Lipinski definition) is 6. The molecule has 0 saturated heterocycles. The number of hydrogen-bond donors (Lipinski definition) is 1. The molecule has 0 fully saturated rings. The number of rotatable bonds is 3. The third-order valence-electron chi connectivity index (χ3n) is 2.82. The minimum Gasteiger partial charge on any atom is -0.496 e. The van der Waals surface area contributed by atoms with Crippen LogP contribution in [0.3, 0.4) is 0 Å². The summed E-state index contributed by atoms with van der Waals surface area (Å²) in [5, 5.41) is 0. The Morgan fingerprint density at radius 2 is 2.05 bits per heavy atom. The number of aromatic amines is 1. The second-order valence-electron chi connectivity index (χ2n) is 4.27. The van der Waals surface area contributed by atoms with E-state index < -0.39 is 0 Å². The number of imidazole rings is 1. The SMILES string of the molecule is COc1cc(OC(C)=O)ccc1-c1nc2nccnc2[nH]1. The minimum atomic E-state index is -0.387. The van der Waals surface area contributed by atoms with Gasteiger partial charge in [0.15, 0.2) is 11.3 Å². The first-order chi connectivity index (χ1) is 10.2. The quantitative estimate of drug-likeness (QED) is 0.584. The van der Waals surface area contributed by atoms with E-state index in [1.54, 1.807) is 30.6 Å². The van der Waals surface area contributed by atoms with Crippen molar-refractivity contribution in [3.63, 3.8) is 0 Å². The first-order valence-corrected chi connectivity index (χ1v) is 6.21. The van der Waals surface area contributed by atoms with Crippen LogP contribution in [0, 0.1) is 0 Å². The van der Waals surface area contributed by atoms with Gasteiger partial charge in [-0.1, -0.05) is 0 Å². The zero-order valence-corrected chi connectivity index (χ0v) is 11.5. The Morgan fingerprint density at radius 1 is 1.24 bits per heavy atom. The largest absolute Gasteiger partial charge is 0.496 e. The van der Waals surface area contributed by atoms with Gasteiger partial charge in [0, 0.05) is 25.4 Å². The Labute approximate surface area is 120 Å². The molecule has 1 N–H and O–H groups in total. The molecule has 1 aromatic carbocycles. The van der Waals surface area contributed by atoms with Crippen LogP contribution in [-0.2, 0) is 4.79 Å². The van der Waals surface area contributed by atoms with Gasteiger partial charge in [-0.15, -0.1) is 0 Å². The van der Waals surface area contributed by atoms with E-state index in [-0.39, 0.29) is 5.97 Å². The number of nitrogens with zero attached hydrogens (tertiary/aromatic N) is 3. The van der Waals surface area contributed by atoms with Gasteiger partial charge in [-0.25, -0.2) is 15.0 Å². The van der Waals surface area contributed by atoms with Crippen molar-refractivity contribution in [1.82, 2.24) is 19.9 Å². The summed E-state index contributed by atoms with van der Waals surface area (Å²) in [4.78, 5) is 26.7. The molecule has 0 spiro atoms. The molecule has 0 radical (unpaired) electrons. The van der Waals surface area contributed by atoms with Crippen LogP contribution in [0.25, 0.3) is 22.7 Å². The monoisotopic (exact) mass is 284 g/mol. The van der Waals surface area contributed by atoms with Crippen LogP contribution >= 0.6 is 0 Å². The molecule has 0 aliphatic carbocycles. The summed E-state index contributed by atoms with van der Waals surface area (Å²) in [6.45, 7) is 1.34. The average Bonchev–Trinajstić information content (AvgIpc) is 2.90. The summed E-state index contributed by atoms with van der Waals surface area (Å²) in [5.74, 6) is 1.15. The molecule has 3 rings (SSSR count). The molecule has 0 atom stereocenters. The number of aromatic nitrogens is 4. The van der Waals surface area contributed by atoms with Gasteiger partial charge >= 0.3 is 5.97 Å². The van der Waals surface area contributed by atoms with Gasteiger partial charge in [-0.05, 0) is 12.1 Å². The molecule has 0 aliphatic rings. The first-order valence-electron chi connectivity index (χ1n) is 6.21. The Hall–Kier alpha value is -2.96.